The van der Waals surface area contributed by atoms with E-state index in [0.717, 1.165) is 30.9 Å². The second-order valence-electron chi connectivity index (χ2n) is 5.90. The van der Waals surface area contributed by atoms with Crippen LogP contribution >= 0.6 is 36.4 Å². The quantitative estimate of drug-likeness (QED) is 0.800. The molecule has 2 rings (SSSR count). The summed E-state index contributed by atoms with van der Waals surface area (Å²) < 4.78 is 5.39. The number of methoxy groups -OCH3 is 1. The van der Waals surface area contributed by atoms with Crippen LogP contribution in [-0.4, -0.2) is 38.2 Å². The van der Waals surface area contributed by atoms with E-state index < -0.39 is 0 Å². The lowest BCUT2D eigenvalue weighted by Crippen LogP contribution is -2.44. The van der Waals surface area contributed by atoms with Gasteiger partial charge in [-0.05, 0) is 31.5 Å². The first kappa shape index (κ1) is 23.1. The van der Waals surface area contributed by atoms with Gasteiger partial charge >= 0.3 is 0 Å². The zero-order valence-electron chi connectivity index (χ0n) is 14.1. The molecular weight excluding hydrogens is 373 g/mol. The third-order valence-corrected chi connectivity index (χ3v) is 4.45. The SMILES string of the molecule is COc1ccc(Cl)cc1N1CCC(NC(=O)C(C)C(C)N)C1.Cl.Cl. The molecule has 1 aromatic carbocycles. The molecule has 1 heterocycles. The maximum Gasteiger partial charge on any atom is 0.224 e. The van der Waals surface area contributed by atoms with Crippen LogP contribution < -0.4 is 20.7 Å². The molecule has 3 unspecified atom stereocenters. The van der Waals surface area contributed by atoms with Crippen LogP contribution in [0.25, 0.3) is 0 Å². The van der Waals surface area contributed by atoms with Crippen LogP contribution in [0.4, 0.5) is 5.69 Å². The Morgan fingerprint density at radius 3 is 2.67 bits per heavy atom. The van der Waals surface area contributed by atoms with E-state index in [0.29, 0.717) is 5.02 Å². The predicted molar refractivity (Wildman–Crippen MR) is 104 cm³/mol. The highest BCUT2D eigenvalue weighted by Crippen LogP contribution is 2.33. The smallest absolute Gasteiger partial charge is 0.224 e. The van der Waals surface area contributed by atoms with Crippen LogP contribution in [0.15, 0.2) is 18.2 Å². The number of benzene rings is 1. The highest BCUT2D eigenvalue weighted by atomic mass is 35.5. The van der Waals surface area contributed by atoms with E-state index in [-0.39, 0.29) is 48.7 Å². The molecule has 3 N–H and O–H groups in total. The summed E-state index contributed by atoms with van der Waals surface area (Å²) in [5.41, 5.74) is 6.75. The van der Waals surface area contributed by atoms with Crippen LogP contribution in [-0.2, 0) is 4.79 Å². The van der Waals surface area contributed by atoms with Crippen molar-refractivity contribution < 1.29 is 9.53 Å². The molecule has 0 aromatic heterocycles. The van der Waals surface area contributed by atoms with Gasteiger partial charge < -0.3 is 20.7 Å². The number of amides is 1. The Morgan fingerprint density at radius 1 is 1.42 bits per heavy atom. The molecule has 1 fully saturated rings. The topological polar surface area (TPSA) is 67.6 Å². The Bertz CT molecular complexity index is 543. The van der Waals surface area contributed by atoms with Gasteiger partial charge in [0.2, 0.25) is 5.91 Å². The van der Waals surface area contributed by atoms with Gasteiger partial charge in [-0.25, -0.2) is 0 Å². The van der Waals surface area contributed by atoms with E-state index >= 15 is 0 Å². The number of nitrogens with zero attached hydrogens (tertiary/aromatic N) is 1. The standard InChI is InChI=1S/C16H24ClN3O2.2ClH/c1-10(11(2)18)16(21)19-13-6-7-20(9-13)14-8-12(17)4-5-15(14)22-3;;/h4-5,8,10-11,13H,6-7,9,18H2,1-3H3,(H,19,21);2*1H. The number of hydrogen-bond donors (Lipinski definition) is 2. The van der Waals surface area contributed by atoms with Crippen molar-refractivity contribution in [3.05, 3.63) is 23.2 Å². The maximum atomic E-state index is 12.1. The van der Waals surface area contributed by atoms with Gasteiger partial charge in [0.1, 0.15) is 5.75 Å². The fourth-order valence-electron chi connectivity index (χ4n) is 2.58. The van der Waals surface area contributed by atoms with Gasteiger partial charge in [0.25, 0.3) is 0 Å². The summed E-state index contributed by atoms with van der Waals surface area (Å²) in [6, 6.07) is 5.54. The fourth-order valence-corrected chi connectivity index (χ4v) is 2.74. The molecule has 8 heteroatoms. The van der Waals surface area contributed by atoms with E-state index in [1.807, 2.05) is 32.0 Å². The molecule has 0 aliphatic carbocycles. The van der Waals surface area contributed by atoms with Gasteiger partial charge in [0.15, 0.2) is 0 Å². The zero-order chi connectivity index (χ0) is 16.3. The molecule has 1 amide bonds. The Labute approximate surface area is 161 Å². The van der Waals surface area contributed by atoms with E-state index in [2.05, 4.69) is 10.2 Å². The second kappa shape index (κ2) is 10.2. The van der Waals surface area contributed by atoms with Gasteiger partial charge in [-0.2, -0.15) is 0 Å². The number of nitrogens with two attached hydrogens (primary N) is 1. The van der Waals surface area contributed by atoms with Crippen molar-refractivity contribution in [1.29, 1.82) is 0 Å². The third-order valence-electron chi connectivity index (χ3n) is 4.22. The molecule has 1 saturated heterocycles. The molecule has 3 atom stereocenters. The minimum atomic E-state index is -0.185. The van der Waals surface area contributed by atoms with Gasteiger partial charge in [-0.1, -0.05) is 18.5 Å². The third kappa shape index (κ3) is 5.59. The van der Waals surface area contributed by atoms with E-state index in [1.54, 1.807) is 7.11 Å². The average Bonchev–Trinajstić information content (AvgIpc) is 2.94. The summed E-state index contributed by atoms with van der Waals surface area (Å²) in [7, 11) is 1.65. The Morgan fingerprint density at radius 2 is 2.08 bits per heavy atom. The lowest BCUT2D eigenvalue weighted by atomic mass is 10.0. The lowest BCUT2D eigenvalue weighted by molar-refractivity contribution is -0.125. The highest BCUT2D eigenvalue weighted by Gasteiger charge is 2.28. The maximum absolute atomic E-state index is 12.1. The first-order valence-corrected chi connectivity index (χ1v) is 7.94. The number of carbonyl (C=O) groups is 1. The number of ether oxygens (including phenoxy) is 1. The molecular formula is C16H26Cl3N3O2. The number of rotatable bonds is 5. The van der Waals surface area contributed by atoms with Gasteiger partial charge in [0, 0.05) is 36.1 Å². The van der Waals surface area contributed by atoms with Gasteiger partial charge in [-0.3, -0.25) is 4.79 Å². The Hall–Kier alpha value is -0.880. The summed E-state index contributed by atoms with van der Waals surface area (Å²) in [5, 5.41) is 3.75. The molecule has 0 spiro atoms. The average molecular weight is 399 g/mol. The molecule has 1 aliphatic rings. The number of nitrogens with one attached hydrogen (secondary N) is 1. The Kier molecular flexibility index (Phi) is 9.81. The normalized spacial score (nSPS) is 18.9. The monoisotopic (exact) mass is 397 g/mol. The second-order valence-corrected chi connectivity index (χ2v) is 6.34. The summed E-state index contributed by atoms with van der Waals surface area (Å²) in [6.45, 7) is 5.30. The summed E-state index contributed by atoms with van der Waals surface area (Å²) in [5.74, 6) is 0.620. The minimum Gasteiger partial charge on any atom is -0.495 e. The van der Waals surface area contributed by atoms with Crippen LogP contribution in [0, 0.1) is 5.92 Å². The van der Waals surface area contributed by atoms with Crippen molar-refractivity contribution in [3.63, 3.8) is 0 Å². The van der Waals surface area contributed by atoms with Gasteiger partial charge in [0.05, 0.1) is 12.8 Å². The van der Waals surface area contributed by atoms with E-state index in [9.17, 15) is 4.79 Å². The van der Waals surface area contributed by atoms with Crippen molar-refractivity contribution in [2.45, 2.75) is 32.4 Å². The van der Waals surface area contributed by atoms with E-state index in [4.69, 9.17) is 22.1 Å². The van der Waals surface area contributed by atoms with Crippen molar-refractivity contribution in [1.82, 2.24) is 5.32 Å². The predicted octanol–water partition coefficient (Wildman–Crippen LogP) is 2.87. The zero-order valence-corrected chi connectivity index (χ0v) is 16.5. The summed E-state index contributed by atoms with van der Waals surface area (Å²) in [4.78, 5) is 14.3. The minimum absolute atomic E-state index is 0. The van der Waals surface area contributed by atoms with Crippen LogP contribution in [0.3, 0.4) is 0 Å². The number of hydrogen-bond acceptors (Lipinski definition) is 4. The molecule has 0 bridgehead atoms. The Balaban J connectivity index is 0.00000264. The first-order valence-electron chi connectivity index (χ1n) is 7.56. The lowest BCUT2D eigenvalue weighted by Gasteiger charge is -2.23. The van der Waals surface area contributed by atoms with Crippen LogP contribution in [0.2, 0.25) is 5.02 Å². The molecule has 5 nitrogen and oxygen atoms in total. The molecule has 1 aromatic rings. The molecule has 0 radical (unpaired) electrons. The van der Waals surface area contributed by atoms with Crippen LogP contribution in [0.1, 0.15) is 20.3 Å². The highest BCUT2D eigenvalue weighted by molar-refractivity contribution is 6.30. The fraction of sp³-hybridized carbons (Fsp3) is 0.562. The molecule has 1 aliphatic heterocycles. The van der Waals surface area contributed by atoms with Gasteiger partial charge in [-0.15, -0.1) is 24.8 Å². The molecule has 138 valence electrons. The molecule has 0 saturated carbocycles. The number of halogens is 3. The van der Waals surface area contributed by atoms with Crippen molar-refractivity contribution in [2.75, 3.05) is 25.1 Å². The van der Waals surface area contributed by atoms with Crippen LogP contribution in [0.5, 0.6) is 5.75 Å². The number of carbonyl (C=O) groups excluding carboxylic acids is 1. The van der Waals surface area contributed by atoms with E-state index in [1.165, 1.54) is 0 Å². The first-order chi connectivity index (χ1) is 10.4. The van der Waals surface area contributed by atoms with Crippen molar-refractivity contribution >= 4 is 48.0 Å². The summed E-state index contributed by atoms with van der Waals surface area (Å²) in [6.07, 6.45) is 0.896. The number of anilines is 1. The molecule has 24 heavy (non-hydrogen) atoms. The van der Waals surface area contributed by atoms with Crippen molar-refractivity contribution in [2.24, 2.45) is 11.7 Å². The van der Waals surface area contributed by atoms with Crippen molar-refractivity contribution in [3.8, 4) is 5.75 Å². The summed E-state index contributed by atoms with van der Waals surface area (Å²) >= 11 is 6.08. The largest absolute Gasteiger partial charge is 0.495 e.